The van der Waals surface area contributed by atoms with Gasteiger partial charge in [-0.25, -0.2) is 4.99 Å². The first-order valence-corrected chi connectivity index (χ1v) is 18.2. The summed E-state index contributed by atoms with van der Waals surface area (Å²) in [4.78, 5) is 75.2. The van der Waals surface area contributed by atoms with E-state index < -0.39 is 53.7 Å². The average Bonchev–Trinajstić information content (AvgIpc) is 3.15. The lowest BCUT2D eigenvalue weighted by Gasteiger charge is -2.27. The molecule has 3 rings (SSSR count). The third-order valence-corrected chi connectivity index (χ3v) is 8.36. The molecule has 298 valence electrons. The van der Waals surface area contributed by atoms with E-state index in [0.717, 1.165) is 11.1 Å². The predicted octanol–water partition coefficient (Wildman–Crippen LogP) is 0.614. The highest BCUT2D eigenvalue weighted by molar-refractivity contribution is 5.98. The van der Waals surface area contributed by atoms with Crippen LogP contribution in [0.1, 0.15) is 49.8 Å². The quantitative estimate of drug-likeness (QED) is 0.0317. The Morgan fingerprint density at radius 1 is 0.625 bits per heavy atom. The van der Waals surface area contributed by atoms with Gasteiger partial charge in [-0.15, -0.1) is 0 Å². The summed E-state index contributed by atoms with van der Waals surface area (Å²) in [6.07, 6.45) is 3.78. The van der Waals surface area contributed by atoms with Gasteiger partial charge in [0.15, 0.2) is 11.9 Å². The molecule has 4 atom stereocenters. The zero-order chi connectivity index (χ0) is 41.0. The number of hydrogen-bond acceptors (Lipinski definition) is 7. The molecule has 0 aliphatic rings. The van der Waals surface area contributed by atoms with Crippen molar-refractivity contribution in [3.63, 3.8) is 0 Å². The molecule has 14 N–H and O–H groups in total. The van der Waals surface area contributed by atoms with Crippen LogP contribution in [0.5, 0.6) is 0 Å². The molecule has 0 unspecified atom stereocenters. The van der Waals surface area contributed by atoms with E-state index in [4.69, 9.17) is 28.7 Å². The first kappa shape index (κ1) is 43.7. The van der Waals surface area contributed by atoms with Crippen LogP contribution in [0.15, 0.2) is 101 Å². The van der Waals surface area contributed by atoms with Gasteiger partial charge in [0.2, 0.25) is 29.5 Å². The standard InChI is InChI=1S/C40H53N11O5/c1-25(2)22-31(36(54)49-30(35(41)53)14-9-21-46-39(42)43)50-38(56)33(24-28-15-18-29(19-16-28)47-40(44)45)51-37(55)32(23-27-12-7-4-8-13-27)48-34(52)20-17-26-10-5-3-6-11-26/h3-8,10-13,15-20,25,30-33H,9,14,21-24H2,1-2H3,(H2,41,53)(H,48,52)(H,49,54)(H,50,56)(H,51,55)(H4,42,43,46)(H4,44,45,47)/b20-17+/t30-,31-,32-,33-/m0/s1. The maximum atomic E-state index is 14.2. The number of primary amides is 1. The summed E-state index contributed by atoms with van der Waals surface area (Å²) in [6.45, 7) is 3.96. The minimum Gasteiger partial charge on any atom is -0.370 e. The number of nitrogens with two attached hydrogens (primary N) is 5. The largest absolute Gasteiger partial charge is 0.370 e. The zero-order valence-electron chi connectivity index (χ0n) is 31.7. The van der Waals surface area contributed by atoms with Crippen molar-refractivity contribution in [1.29, 1.82) is 0 Å². The molecule has 0 radical (unpaired) electrons. The number of benzene rings is 3. The number of carbonyl (C=O) groups is 5. The molecular formula is C40H53N11O5. The van der Waals surface area contributed by atoms with Crippen molar-refractivity contribution in [2.75, 3.05) is 6.54 Å². The number of amides is 5. The molecule has 0 spiro atoms. The minimum absolute atomic E-state index is 0.00961. The van der Waals surface area contributed by atoms with Gasteiger partial charge in [0.05, 0.1) is 5.69 Å². The van der Waals surface area contributed by atoms with E-state index in [1.807, 2.05) is 74.5 Å². The Labute approximate surface area is 326 Å². The van der Waals surface area contributed by atoms with Gasteiger partial charge in [-0.05, 0) is 60.1 Å². The molecule has 0 fully saturated rings. The van der Waals surface area contributed by atoms with Crippen molar-refractivity contribution in [3.8, 4) is 0 Å². The third kappa shape index (κ3) is 16.1. The van der Waals surface area contributed by atoms with Gasteiger partial charge in [-0.3, -0.25) is 29.0 Å². The van der Waals surface area contributed by atoms with Crippen molar-refractivity contribution in [1.82, 2.24) is 21.3 Å². The second-order valence-electron chi connectivity index (χ2n) is 13.6. The monoisotopic (exact) mass is 767 g/mol. The zero-order valence-corrected chi connectivity index (χ0v) is 31.7. The lowest BCUT2D eigenvalue weighted by Crippen LogP contribution is -2.59. The molecule has 0 aromatic heterocycles. The van der Waals surface area contributed by atoms with Crippen LogP contribution in [-0.4, -0.2) is 72.2 Å². The summed E-state index contributed by atoms with van der Waals surface area (Å²) in [6, 6.07) is 20.5. The fourth-order valence-electron chi connectivity index (χ4n) is 5.62. The summed E-state index contributed by atoms with van der Waals surface area (Å²) < 4.78 is 0. The topological polar surface area (TPSA) is 288 Å². The van der Waals surface area contributed by atoms with E-state index in [-0.39, 0.29) is 50.1 Å². The van der Waals surface area contributed by atoms with Crippen molar-refractivity contribution < 1.29 is 24.0 Å². The fraction of sp³-hybridized carbons (Fsp3) is 0.325. The highest BCUT2D eigenvalue weighted by Crippen LogP contribution is 2.15. The van der Waals surface area contributed by atoms with Crippen LogP contribution in [0.3, 0.4) is 0 Å². The van der Waals surface area contributed by atoms with Crippen LogP contribution < -0.4 is 49.9 Å². The first-order chi connectivity index (χ1) is 26.7. The Morgan fingerprint density at radius 2 is 1.14 bits per heavy atom. The van der Waals surface area contributed by atoms with E-state index in [2.05, 4.69) is 31.3 Å². The van der Waals surface area contributed by atoms with Gasteiger partial charge in [0.1, 0.15) is 24.2 Å². The molecule has 0 saturated carbocycles. The Hall–Kier alpha value is -6.71. The van der Waals surface area contributed by atoms with Crippen LogP contribution in [0.4, 0.5) is 5.69 Å². The summed E-state index contributed by atoms with van der Waals surface area (Å²) in [7, 11) is 0. The molecule has 56 heavy (non-hydrogen) atoms. The molecule has 3 aromatic carbocycles. The third-order valence-electron chi connectivity index (χ3n) is 8.36. The van der Waals surface area contributed by atoms with Gasteiger partial charge in [0.25, 0.3) is 0 Å². The van der Waals surface area contributed by atoms with Crippen molar-refractivity contribution >= 4 is 53.2 Å². The van der Waals surface area contributed by atoms with E-state index in [9.17, 15) is 24.0 Å². The van der Waals surface area contributed by atoms with Crippen LogP contribution in [-0.2, 0) is 36.8 Å². The first-order valence-electron chi connectivity index (χ1n) is 18.2. The average molecular weight is 768 g/mol. The smallest absolute Gasteiger partial charge is 0.244 e. The normalized spacial score (nSPS) is 13.1. The number of guanidine groups is 2. The molecule has 16 heteroatoms. The molecule has 0 bridgehead atoms. The molecular weight excluding hydrogens is 715 g/mol. The number of rotatable bonds is 21. The molecule has 16 nitrogen and oxygen atoms in total. The Morgan fingerprint density at radius 3 is 1.70 bits per heavy atom. The molecule has 0 aliphatic carbocycles. The molecule has 0 saturated heterocycles. The minimum atomic E-state index is -1.22. The molecule has 3 aromatic rings. The van der Waals surface area contributed by atoms with Crippen molar-refractivity contribution in [2.45, 2.75) is 70.1 Å². The Bertz CT molecular complexity index is 1840. The molecule has 5 amide bonds. The predicted molar refractivity (Wildman–Crippen MR) is 218 cm³/mol. The second kappa shape index (κ2) is 22.5. The Kier molecular flexibility index (Phi) is 17.5. The number of hydrogen-bond donors (Lipinski definition) is 9. The van der Waals surface area contributed by atoms with E-state index in [0.29, 0.717) is 17.7 Å². The van der Waals surface area contributed by atoms with E-state index in [1.165, 1.54) is 6.08 Å². The fourth-order valence-corrected chi connectivity index (χ4v) is 5.62. The SMILES string of the molecule is CC(C)C[C@H](NC(=O)[C@H](Cc1ccc(N=C(N)N)cc1)NC(=O)[C@H](Cc1ccccc1)NC(=O)/C=C/c1ccccc1)C(=O)N[C@@H](CCCN=C(N)N)C(N)=O. The lowest BCUT2D eigenvalue weighted by molar-refractivity contribution is -0.134. The lowest BCUT2D eigenvalue weighted by atomic mass is 9.99. The van der Waals surface area contributed by atoms with E-state index in [1.54, 1.807) is 30.3 Å². The maximum absolute atomic E-state index is 14.2. The van der Waals surface area contributed by atoms with Gasteiger partial charge >= 0.3 is 0 Å². The molecule has 0 aliphatic heterocycles. The second-order valence-corrected chi connectivity index (χ2v) is 13.6. The van der Waals surface area contributed by atoms with Gasteiger partial charge in [0, 0.05) is 25.5 Å². The van der Waals surface area contributed by atoms with E-state index >= 15 is 0 Å². The van der Waals surface area contributed by atoms with Gasteiger partial charge in [-0.2, -0.15) is 0 Å². The van der Waals surface area contributed by atoms with Gasteiger partial charge < -0.3 is 49.9 Å². The van der Waals surface area contributed by atoms with Crippen LogP contribution in [0.25, 0.3) is 6.08 Å². The number of nitrogens with zero attached hydrogens (tertiary/aromatic N) is 2. The highest BCUT2D eigenvalue weighted by atomic mass is 16.2. The van der Waals surface area contributed by atoms with Crippen molar-refractivity contribution in [3.05, 3.63) is 108 Å². The van der Waals surface area contributed by atoms with Crippen molar-refractivity contribution in [2.24, 2.45) is 44.6 Å². The van der Waals surface area contributed by atoms with Gasteiger partial charge in [-0.1, -0.05) is 86.6 Å². The number of carbonyl (C=O) groups excluding carboxylic acids is 5. The van der Waals surface area contributed by atoms with Crippen LogP contribution in [0.2, 0.25) is 0 Å². The summed E-state index contributed by atoms with van der Waals surface area (Å²) in [5.41, 5.74) is 30.1. The molecule has 0 heterocycles. The van der Waals surface area contributed by atoms with Crippen LogP contribution >= 0.6 is 0 Å². The Balaban J connectivity index is 1.90. The maximum Gasteiger partial charge on any atom is 0.244 e. The summed E-state index contributed by atoms with van der Waals surface area (Å²) in [5, 5.41) is 11.0. The van der Waals surface area contributed by atoms with Crippen LogP contribution in [0, 0.1) is 5.92 Å². The number of aliphatic imine (C=N–C) groups is 2. The number of nitrogens with one attached hydrogen (secondary N) is 4. The highest BCUT2D eigenvalue weighted by Gasteiger charge is 2.31. The summed E-state index contributed by atoms with van der Waals surface area (Å²) in [5.74, 6) is -3.53. The summed E-state index contributed by atoms with van der Waals surface area (Å²) >= 11 is 0.